The maximum absolute atomic E-state index is 11.1. The van der Waals surface area contributed by atoms with Crippen LogP contribution in [-0.2, 0) is 6.54 Å². The predicted molar refractivity (Wildman–Crippen MR) is 57.1 cm³/mol. The SMILES string of the molecule is CC(Cl)NC(=O)NCc1ccccc1. The van der Waals surface area contributed by atoms with E-state index < -0.39 is 0 Å². The van der Waals surface area contributed by atoms with Crippen molar-refractivity contribution in [3.8, 4) is 0 Å². The lowest BCUT2D eigenvalue weighted by molar-refractivity contribution is 0.240. The van der Waals surface area contributed by atoms with Crippen LogP contribution in [0.2, 0.25) is 0 Å². The highest BCUT2D eigenvalue weighted by molar-refractivity contribution is 6.20. The monoisotopic (exact) mass is 212 g/mol. The highest BCUT2D eigenvalue weighted by Gasteiger charge is 2.02. The van der Waals surface area contributed by atoms with Gasteiger partial charge >= 0.3 is 6.03 Å². The van der Waals surface area contributed by atoms with Gasteiger partial charge in [-0.15, -0.1) is 0 Å². The van der Waals surface area contributed by atoms with Crippen LogP contribution in [0.1, 0.15) is 12.5 Å². The molecule has 3 nitrogen and oxygen atoms in total. The fourth-order valence-corrected chi connectivity index (χ4v) is 1.11. The van der Waals surface area contributed by atoms with Gasteiger partial charge in [-0.2, -0.15) is 0 Å². The van der Waals surface area contributed by atoms with Gasteiger partial charge in [-0.05, 0) is 12.5 Å². The number of alkyl halides is 1. The average molecular weight is 213 g/mol. The molecule has 0 aromatic heterocycles. The minimum atomic E-state index is -0.356. The summed E-state index contributed by atoms with van der Waals surface area (Å²) in [6, 6.07) is 9.44. The van der Waals surface area contributed by atoms with E-state index in [-0.39, 0.29) is 11.5 Å². The van der Waals surface area contributed by atoms with Crippen LogP contribution in [0.5, 0.6) is 0 Å². The van der Waals surface area contributed by atoms with Crippen LogP contribution in [0.4, 0.5) is 4.79 Å². The molecule has 0 radical (unpaired) electrons. The van der Waals surface area contributed by atoms with Crippen molar-refractivity contribution in [2.24, 2.45) is 0 Å². The summed E-state index contributed by atoms with van der Waals surface area (Å²) in [5.41, 5.74) is 0.704. The average Bonchev–Trinajstić information content (AvgIpc) is 2.15. The molecule has 1 unspecified atom stereocenters. The van der Waals surface area contributed by atoms with Crippen LogP contribution < -0.4 is 10.6 Å². The molecular weight excluding hydrogens is 200 g/mol. The summed E-state index contributed by atoms with van der Waals surface area (Å²) in [5.74, 6) is 0. The molecule has 1 atom stereocenters. The highest BCUT2D eigenvalue weighted by atomic mass is 35.5. The van der Waals surface area contributed by atoms with E-state index in [0.717, 1.165) is 5.56 Å². The van der Waals surface area contributed by atoms with Gasteiger partial charge in [-0.1, -0.05) is 41.9 Å². The molecular formula is C10H13ClN2O. The lowest BCUT2D eigenvalue weighted by Crippen LogP contribution is -2.38. The number of hydrogen-bond acceptors (Lipinski definition) is 1. The summed E-state index contributed by atoms with van der Waals surface area (Å²) >= 11 is 5.58. The van der Waals surface area contributed by atoms with E-state index in [1.807, 2.05) is 30.3 Å². The Hall–Kier alpha value is -1.22. The molecule has 1 aromatic carbocycles. The van der Waals surface area contributed by atoms with Gasteiger partial charge < -0.3 is 10.6 Å². The van der Waals surface area contributed by atoms with Crippen LogP contribution in [0, 0.1) is 0 Å². The van der Waals surface area contributed by atoms with E-state index in [0.29, 0.717) is 6.54 Å². The second kappa shape index (κ2) is 5.50. The summed E-state index contributed by atoms with van der Waals surface area (Å²) < 4.78 is 0. The Kier molecular flexibility index (Phi) is 4.26. The number of nitrogens with one attached hydrogen (secondary N) is 2. The molecule has 2 amide bonds. The Balaban J connectivity index is 2.31. The summed E-state index contributed by atoms with van der Waals surface area (Å²) in [6.45, 7) is 2.21. The second-order valence-electron chi connectivity index (χ2n) is 2.93. The summed E-state index contributed by atoms with van der Waals surface area (Å²) in [7, 11) is 0. The Bertz CT molecular complexity index is 287. The lowest BCUT2D eigenvalue weighted by Gasteiger charge is -2.08. The van der Waals surface area contributed by atoms with Gasteiger partial charge in [0.2, 0.25) is 0 Å². The number of benzene rings is 1. The molecule has 0 aliphatic rings. The van der Waals surface area contributed by atoms with Crippen LogP contribution >= 0.6 is 11.6 Å². The predicted octanol–water partition coefficient (Wildman–Crippen LogP) is 2.07. The minimum absolute atomic E-state index is 0.253. The summed E-state index contributed by atoms with van der Waals surface area (Å²) in [4.78, 5) is 11.1. The third-order valence-corrected chi connectivity index (χ3v) is 1.73. The van der Waals surface area contributed by atoms with E-state index in [1.165, 1.54) is 0 Å². The van der Waals surface area contributed by atoms with Crippen molar-refractivity contribution in [1.29, 1.82) is 0 Å². The molecule has 0 aliphatic carbocycles. The van der Waals surface area contributed by atoms with Crippen LogP contribution in [-0.4, -0.2) is 11.5 Å². The molecule has 1 aromatic rings. The van der Waals surface area contributed by atoms with E-state index in [1.54, 1.807) is 6.92 Å². The summed E-state index contributed by atoms with van der Waals surface area (Å²) in [5, 5.41) is 5.22. The number of carbonyl (C=O) groups is 1. The zero-order chi connectivity index (χ0) is 10.4. The van der Waals surface area contributed by atoms with Crippen molar-refractivity contribution in [2.45, 2.75) is 19.0 Å². The minimum Gasteiger partial charge on any atom is -0.334 e. The van der Waals surface area contributed by atoms with E-state index in [4.69, 9.17) is 11.6 Å². The van der Waals surface area contributed by atoms with Gasteiger partial charge in [-0.3, -0.25) is 0 Å². The molecule has 0 heterocycles. The fraction of sp³-hybridized carbons (Fsp3) is 0.300. The summed E-state index contributed by atoms with van der Waals surface area (Å²) in [6.07, 6.45) is 0. The number of hydrogen-bond donors (Lipinski definition) is 2. The number of halogens is 1. The standard InChI is InChI=1S/C10H13ClN2O/c1-8(11)13-10(14)12-7-9-5-3-2-4-6-9/h2-6,8H,7H2,1H3,(H2,12,13,14). The Labute approximate surface area is 88.5 Å². The van der Waals surface area contributed by atoms with Crippen molar-refractivity contribution in [2.75, 3.05) is 0 Å². The first kappa shape index (κ1) is 10.9. The van der Waals surface area contributed by atoms with Crippen molar-refractivity contribution in [1.82, 2.24) is 10.6 Å². The molecule has 76 valence electrons. The van der Waals surface area contributed by atoms with Gasteiger partial charge in [0.15, 0.2) is 0 Å². The lowest BCUT2D eigenvalue weighted by atomic mass is 10.2. The number of amides is 2. The number of rotatable bonds is 3. The highest BCUT2D eigenvalue weighted by Crippen LogP contribution is 1.97. The molecule has 0 spiro atoms. The van der Waals surface area contributed by atoms with E-state index >= 15 is 0 Å². The van der Waals surface area contributed by atoms with Gasteiger partial charge in [0.1, 0.15) is 5.50 Å². The largest absolute Gasteiger partial charge is 0.334 e. The number of carbonyl (C=O) groups excluding carboxylic acids is 1. The van der Waals surface area contributed by atoms with E-state index in [9.17, 15) is 4.79 Å². The maximum Gasteiger partial charge on any atom is 0.316 e. The van der Waals surface area contributed by atoms with Gasteiger partial charge in [0, 0.05) is 6.54 Å². The van der Waals surface area contributed by atoms with Crippen LogP contribution in [0.15, 0.2) is 30.3 Å². The molecule has 0 fully saturated rings. The van der Waals surface area contributed by atoms with Crippen LogP contribution in [0.25, 0.3) is 0 Å². The molecule has 14 heavy (non-hydrogen) atoms. The van der Waals surface area contributed by atoms with Crippen LogP contribution in [0.3, 0.4) is 0 Å². The third-order valence-electron chi connectivity index (χ3n) is 1.63. The van der Waals surface area contributed by atoms with Crippen molar-refractivity contribution in [3.05, 3.63) is 35.9 Å². The van der Waals surface area contributed by atoms with Gasteiger partial charge in [-0.25, -0.2) is 4.79 Å². The van der Waals surface area contributed by atoms with E-state index in [2.05, 4.69) is 10.6 Å². The third kappa shape index (κ3) is 4.14. The number of urea groups is 1. The second-order valence-corrected chi connectivity index (χ2v) is 3.58. The van der Waals surface area contributed by atoms with Crippen molar-refractivity contribution in [3.63, 3.8) is 0 Å². The first-order chi connectivity index (χ1) is 6.68. The van der Waals surface area contributed by atoms with Gasteiger partial charge in [0.25, 0.3) is 0 Å². The Morgan fingerprint density at radius 1 is 1.43 bits per heavy atom. The molecule has 0 bridgehead atoms. The first-order valence-electron chi connectivity index (χ1n) is 4.41. The zero-order valence-corrected chi connectivity index (χ0v) is 8.71. The normalized spacial score (nSPS) is 11.9. The molecule has 4 heteroatoms. The fourth-order valence-electron chi connectivity index (χ4n) is 1.01. The zero-order valence-electron chi connectivity index (χ0n) is 7.96. The molecule has 1 rings (SSSR count). The quantitative estimate of drug-likeness (QED) is 0.585. The Morgan fingerprint density at radius 2 is 2.07 bits per heavy atom. The smallest absolute Gasteiger partial charge is 0.316 e. The Morgan fingerprint density at radius 3 is 2.64 bits per heavy atom. The van der Waals surface area contributed by atoms with Gasteiger partial charge in [0.05, 0.1) is 0 Å². The van der Waals surface area contributed by atoms with Crippen molar-refractivity contribution >= 4 is 17.6 Å². The molecule has 2 N–H and O–H groups in total. The molecule has 0 saturated heterocycles. The molecule has 0 saturated carbocycles. The maximum atomic E-state index is 11.1. The van der Waals surface area contributed by atoms with Crippen molar-refractivity contribution < 1.29 is 4.79 Å². The molecule has 0 aliphatic heterocycles. The topological polar surface area (TPSA) is 41.1 Å². The first-order valence-corrected chi connectivity index (χ1v) is 4.84.